The Balaban J connectivity index is 1.49. The Hall–Kier alpha value is -3.66. The quantitative estimate of drug-likeness (QED) is 0.568. The highest BCUT2D eigenvalue weighted by atomic mass is 19.1. The normalized spacial score (nSPS) is 15.6. The molecule has 27 heavy (non-hydrogen) atoms. The average molecular weight is 359 g/mol. The molecular formula is C20H14FN5O. The number of halogens is 1. The van der Waals surface area contributed by atoms with E-state index in [0.29, 0.717) is 23.4 Å². The summed E-state index contributed by atoms with van der Waals surface area (Å²) in [5.74, 6) is 0.202. The Kier molecular flexibility index (Phi) is 3.44. The van der Waals surface area contributed by atoms with Crippen molar-refractivity contribution in [1.29, 1.82) is 5.26 Å². The smallest absolute Gasteiger partial charge is 0.181 e. The summed E-state index contributed by atoms with van der Waals surface area (Å²) in [5, 5.41) is 20.7. The zero-order valence-electron chi connectivity index (χ0n) is 14.2. The van der Waals surface area contributed by atoms with Crippen molar-refractivity contribution in [2.45, 2.75) is 18.9 Å². The molecule has 0 saturated carbocycles. The van der Waals surface area contributed by atoms with Crippen molar-refractivity contribution in [2.75, 3.05) is 5.32 Å². The third kappa shape index (κ3) is 2.46. The number of hydrogen-bond acceptors (Lipinski definition) is 5. The molecule has 0 bridgehead atoms. The summed E-state index contributed by atoms with van der Waals surface area (Å²) < 4.78 is 19.7. The lowest BCUT2D eigenvalue weighted by Crippen LogP contribution is -2.07. The van der Waals surface area contributed by atoms with Crippen molar-refractivity contribution >= 4 is 16.6 Å². The number of rotatable bonds is 3. The Morgan fingerprint density at radius 1 is 1.30 bits per heavy atom. The van der Waals surface area contributed by atoms with Gasteiger partial charge >= 0.3 is 0 Å². The highest BCUT2D eigenvalue weighted by molar-refractivity contribution is 5.93. The summed E-state index contributed by atoms with van der Waals surface area (Å²) >= 11 is 0. The highest BCUT2D eigenvalue weighted by Gasteiger charge is 2.26. The number of hydrogen-bond donors (Lipinski definition) is 2. The maximum atomic E-state index is 14.4. The Morgan fingerprint density at radius 2 is 2.22 bits per heavy atom. The molecule has 1 aliphatic carbocycles. The van der Waals surface area contributed by atoms with Crippen molar-refractivity contribution in [1.82, 2.24) is 15.2 Å². The fourth-order valence-corrected chi connectivity index (χ4v) is 3.72. The minimum absolute atomic E-state index is 0.000299. The lowest BCUT2D eigenvalue weighted by atomic mass is 10.0. The van der Waals surface area contributed by atoms with Crippen LogP contribution < -0.4 is 5.32 Å². The number of nitriles is 1. The fourth-order valence-electron chi connectivity index (χ4n) is 3.72. The van der Waals surface area contributed by atoms with E-state index in [0.717, 1.165) is 28.6 Å². The van der Waals surface area contributed by atoms with Gasteiger partial charge in [0.2, 0.25) is 0 Å². The van der Waals surface area contributed by atoms with Gasteiger partial charge in [0.05, 0.1) is 23.3 Å². The molecular weight excluding hydrogens is 345 g/mol. The van der Waals surface area contributed by atoms with Crippen LogP contribution in [0.25, 0.3) is 22.4 Å². The van der Waals surface area contributed by atoms with E-state index in [1.54, 1.807) is 12.3 Å². The van der Waals surface area contributed by atoms with E-state index in [9.17, 15) is 4.39 Å². The standard InChI is InChI=1S/C20H14FN5O/c21-19-11(8-22)1-3-13-14(19)4-6-16(13)24-12-2-5-17-15(7-12)20(26-25-17)18-9-23-10-27-18/h1-3,5,7,9-10,16,24H,4,6H2,(H,25,26)/t16-/m1/s1. The first-order chi connectivity index (χ1) is 13.2. The number of benzene rings is 2. The summed E-state index contributed by atoms with van der Waals surface area (Å²) in [5.41, 5.74) is 4.15. The monoisotopic (exact) mass is 359 g/mol. The van der Waals surface area contributed by atoms with E-state index in [4.69, 9.17) is 9.68 Å². The maximum absolute atomic E-state index is 14.4. The van der Waals surface area contributed by atoms with Gasteiger partial charge in [0.25, 0.3) is 0 Å². The molecule has 2 aromatic carbocycles. The van der Waals surface area contributed by atoms with Crippen LogP contribution in [0.4, 0.5) is 10.1 Å². The molecule has 132 valence electrons. The Labute approximate surface area is 153 Å². The zero-order valence-corrected chi connectivity index (χ0v) is 14.2. The molecule has 0 amide bonds. The number of aromatic nitrogens is 3. The molecule has 2 aromatic heterocycles. The van der Waals surface area contributed by atoms with E-state index in [1.165, 1.54) is 6.39 Å². The van der Waals surface area contributed by atoms with Gasteiger partial charge in [0, 0.05) is 11.1 Å². The van der Waals surface area contributed by atoms with Crippen molar-refractivity contribution in [3.63, 3.8) is 0 Å². The third-order valence-electron chi connectivity index (χ3n) is 5.03. The molecule has 0 saturated heterocycles. The number of aromatic amines is 1. The van der Waals surface area contributed by atoms with Crippen molar-refractivity contribution in [3.05, 3.63) is 65.4 Å². The van der Waals surface area contributed by atoms with E-state index in [-0.39, 0.29) is 11.6 Å². The maximum Gasteiger partial charge on any atom is 0.181 e. The predicted octanol–water partition coefficient (Wildman–Crippen LogP) is 4.33. The van der Waals surface area contributed by atoms with Gasteiger partial charge in [-0.1, -0.05) is 6.07 Å². The van der Waals surface area contributed by atoms with Crippen LogP contribution in [0, 0.1) is 17.1 Å². The van der Waals surface area contributed by atoms with Crippen molar-refractivity contribution < 1.29 is 8.81 Å². The van der Waals surface area contributed by atoms with E-state index in [2.05, 4.69) is 20.5 Å². The summed E-state index contributed by atoms with van der Waals surface area (Å²) in [7, 11) is 0. The number of oxazole rings is 1. The molecule has 7 heteroatoms. The topological polar surface area (TPSA) is 90.5 Å². The second-order valence-corrected chi connectivity index (χ2v) is 6.54. The molecule has 0 fully saturated rings. The number of nitrogens with zero attached hydrogens (tertiary/aromatic N) is 3. The first-order valence-electron chi connectivity index (χ1n) is 8.59. The molecule has 5 rings (SSSR count). The molecule has 0 radical (unpaired) electrons. The van der Waals surface area contributed by atoms with Crippen molar-refractivity contribution in [2.24, 2.45) is 0 Å². The minimum atomic E-state index is -0.391. The van der Waals surface area contributed by atoms with Gasteiger partial charge in [0.15, 0.2) is 12.2 Å². The molecule has 1 aliphatic rings. The van der Waals surface area contributed by atoms with Crippen LogP contribution in [-0.2, 0) is 6.42 Å². The van der Waals surface area contributed by atoms with Gasteiger partial charge < -0.3 is 9.73 Å². The first-order valence-corrected chi connectivity index (χ1v) is 8.59. The van der Waals surface area contributed by atoms with E-state index >= 15 is 0 Å². The van der Waals surface area contributed by atoms with Gasteiger partial charge in [-0.3, -0.25) is 5.10 Å². The number of nitrogens with one attached hydrogen (secondary N) is 2. The van der Waals surface area contributed by atoms with Gasteiger partial charge in [-0.05, 0) is 48.2 Å². The summed E-state index contributed by atoms with van der Waals surface area (Å²) in [4.78, 5) is 3.94. The van der Waals surface area contributed by atoms with Crippen LogP contribution in [0.3, 0.4) is 0 Å². The van der Waals surface area contributed by atoms with Crippen LogP contribution >= 0.6 is 0 Å². The molecule has 0 spiro atoms. The number of H-pyrrole nitrogens is 1. The van der Waals surface area contributed by atoms with Crippen LogP contribution in [0.2, 0.25) is 0 Å². The van der Waals surface area contributed by atoms with Crippen LogP contribution in [0.5, 0.6) is 0 Å². The predicted molar refractivity (Wildman–Crippen MR) is 97.4 cm³/mol. The van der Waals surface area contributed by atoms with Crippen LogP contribution in [0.15, 0.2) is 47.3 Å². The third-order valence-corrected chi connectivity index (χ3v) is 5.03. The molecule has 0 aliphatic heterocycles. The SMILES string of the molecule is N#Cc1ccc2c(c1F)CC[C@H]2Nc1ccc2[nH]nc(-c3cnco3)c2c1. The number of fused-ring (bicyclic) bond motifs is 2. The Morgan fingerprint density at radius 3 is 3.04 bits per heavy atom. The second-order valence-electron chi connectivity index (χ2n) is 6.54. The molecule has 2 N–H and O–H groups in total. The fraction of sp³-hybridized carbons (Fsp3) is 0.150. The van der Waals surface area contributed by atoms with Crippen LogP contribution in [0.1, 0.15) is 29.2 Å². The average Bonchev–Trinajstić information content (AvgIpc) is 3.41. The molecule has 0 unspecified atom stereocenters. The lowest BCUT2D eigenvalue weighted by molar-refractivity contribution is 0.570. The molecule has 6 nitrogen and oxygen atoms in total. The van der Waals surface area contributed by atoms with Gasteiger partial charge in [-0.15, -0.1) is 0 Å². The molecule has 1 atom stereocenters. The van der Waals surface area contributed by atoms with Gasteiger partial charge in [0.1, 0.15) is 17.6 Å². The van der Waals surface area contributed by atoms with E-state index in [1.807, 2.05) is 30.3 Å². The van der Waals surface area contributed by atoms with Gasteiger partial charge in [-0.2, -0.15) is 10.4 Å². The largest absolute Gasteiger partial charge is 0.442 e. The highest BCUT2D eigenvalue weighted by Crippen LogP contribution is 2.37. The van der Waals surface area contributed by atoms with Gasteiger partial charge in [-0.25, -0.2) is 9.37 Å². The first kappa shape index (κ1) is 15.6. The Bertz CT molecular complexity index is 1190. The molecule has 4 aromatic rings. The minimum Gasteiger partial charge on any atom is -0.442 e. The van der Waals surface area contributed by atoms with Crippen LogP contribution in [-0.4, -0.2) is 15.2 Å². The number of anilines is 1. The molecule has 2 heterocycles. The van der Waals surface area contributed by atoms with Crippen molar-refractivity contribution in [3.8, 4) is 17.5 Å². The second kappa shape index (κ2) is 5.95. The zero-order chi connectivity index (χ0) is 18.4. The summed E-state index contributed by atoms with van der Waals surface area (Å²) in [6.07, 6.45) is 4.39. The lowest BCUT2D eigenvalue weighted by Gasteiger charge is -2.16. The van der Waals surface area contributed by atoms with E-state index < -0.39 is 5.82 Å². The summed E-state index contributed by atoms with van der Waals surface area (Å²) in [6, 6.07) is 11.2. The summed E-state index contributed by atoms with van der Waals surface area (Å²) in [6.45, 7) is 0.